The van der Waals surface area contributed by atoms with Crippen molar-refractivity contribution in [3.05, 3.63) is 34.7 Å². The lowest BCUT2D eigenvalue weighted by atomic mass is 10.2. The van der Waals surface area contributed by atoms with Crippen molar-refractivity contribution >= 4 is 28.3 Å². The van der Waals surface area contributed by atoms with Crippen molar-refractivity contribution in [3.63, 3.8) is 0 Å². The SMILES string of the molecule is Cc1occc1C(=O)Nc1nc(CC(=O)NCCN2CCNCC2)cs1. The van der Waals surface area contributed by atoms with Gasteiger partial charge in [0.05, 0.1) is 23.9 Å². The second-order valence-corrected chi connectivity index (χ2v) is 6.97. The lowest BCUT2D eigenvalue weighted by Gasteiger charge is -2.27. The molecule has 3 rings (SSSR count). The molecule has 3 heterocycles. The van der Waals surface area contributed by atoms with E-state index in [2.05, 4.69) is 25.8 Å². The molecule has 2 amide bonds. The topological polar surface area (TPSA) is 99.5 Å². The average Bonchev–Trinajstić information content (AvgIpc) is 3.24. The zero-order valence-electron chi connectivity index (χ0n) is 14.7. The highest BCUT2D eigenvalue weighted by atomic mass is 32.1. The molecule has 9 heteroatoms. The number of carbonyl (C=O) groups is 2. The van der Waals surface area contributed by atoms with E-state index in [-0.39, 0.29) is 18.2 Å². The summed E-state index contributed by atoms with van der Waals surface area (Å²) in [5.41, 5.74) is 1.13. The molecule has 0 aliphatic carbocycles. The van der Waals surface area contributed by atoms with Crippen LogP contribution in [-0.4, -0.2) is 61.0 Å². The van der Waals surface area contributed by atoms with Crippen LogP contribution in [-0.2, 0) is 11.2 Å². The Kier molecular flexibility index (Phi) is 6.37. The van der Waals surface area contributed by atoms with Gasteiger partial charge in [0.1, 0.15) is 5.76 Å². The number of furan rings is 1. The summed E-state index contributed by atoms with van der Waals surface area (Å²) in [5, 5.41) is 11.2. The van der Waals surface area contributed by atoms with Gasteiger partial charge in [-0.1, -0.05) is 0 Å². The Hall–Kier alpha value is -2.23. The predicted octanol–water partition coefficient (Wildman–Crippen LogP) is 0.861. The summed E-state index contributed by atoms with van der Waals surface area (Å²) in [6.45, 7) is 7.25. The number of piperazine rings is 1. The maximum atomic E-state index is 12.1. The molecule has 1 aliphatic rings. The maximum Gasteiger partial charge on any atom is 0.260 e. The molecule has 0 atom stereocenters. The minimum Gasteiger partial charge on any atom is -0.469 e. The van der Waals surface area contributed by atoms with Crippen LogP contribution in [0, 0.1) is 6.92 Å². The first-order valence-corrected chi connectivity index (χ1v) is 9.49. The minimum absolute atomic E-state index is 0.0611. The highest BCUT2D eigenvalue weighted by Gasteiger charge is 2.15. The highest BCUT2D eigenvalue weighted by molar-refractivity contribution is 7.14. The fourth-order valence-electron chi connectivity index (χ4n) is 2.75. The van der Waals surface area contributed by atoms with Crippen molar-refractivity contribution in [1.29, 1.82) is 0 Å². The standard InChI is InChI=1S/C17H23N5O3S/c1-12-14(2-9-25-12)16(24)21-17-20-13(11-26-17)10-15(23)19-5-8-22-6-3-18-4-7-22/h2,9,11,18H,3-8,10H2,1H3,(H,19,23)(H,20,21,24). The fraction of sp³-hybridized carbons (Fsp3) is 0.471. The van der Waals surface area contributed by atoms with E-state index >= 15 is 0 Å². The van der Waals surface area contributed by atoms with Crippen molar-refractivity contribution in [2.75, 3.05) is 44.6 Å². The molecule has 2 aromatic heterocycles. The molecule has 0 radical (unpaired) electrons. The number of hydrogen-bond donors (Lipinski definition) is 3. The van der Waals surface area contributed by atoms with Crippen LogP contribution in [0.15, 0.2) is 22.1 Å². The van der Waals surface area contributed by atoms with Crippen molar-refractivity contribution in [2.45, 2.75) is 13.3 Å². The number of thiazole rings is 1. The Morgan fingerprint density at radius 2 is 2.19 bits per heavy atom. The van der Waals surface area contributed by atoms with Crippen LogP contribution in [0.2, 0.25) is 0 Å². The molecule has 2 aromatic rings. The largest absolute Gasteiger partial charge is 0.469 e. The molecule has 1 fully saturated rings. The summed E-state index contributed by atoms with van der Waals surface area (Å²) in [4.78, 5) is 30.8. The van der Waals surface area contributed by atoms with Crippen LogP contribution in [0.25, 0.3) is 0 Å². The Bertz CT molecular complexity index is 751. The van der Waals surface area contributed by atoms with Gasteiger partial charge in [-0.3, -0.25) is 19.8 Å². The number of hydrogen-bond acceptors (Lipinski definition) is 7. The van der Waals surface area contributed by atoms with Crippen molar-refractivity contribution in [1.82, 2.24) is 20.5 Å². The molecule has 0 saturated carbocycles. The van der Waals surface area contributed by atoms with Crippen molar-refractivity contribution in [2.24, 2.45) is 0 Å². The van der Waals surface area contributed by atoms with Crippen LogP contribution in [0.4, 0.5) is 5.13 Å². The Labute approximate surface area is 156 Å². The molecular formula is C17H23N5O3S. The predicted molar refractivity (Wildman–Crippen MR) is 99.5 cm³/mol. The monoisotopic (exact) mass is 377 g/mol. The van der Waals surface area contributed by atoms with Crippen LogP contribution >= 0.6 is 11.3 Å². The normalized spacial score (nSPS) is 15.0. The number of carbonyl (C=O) groups excluding carboxylic acids is 2. The van der Waals surface area contributed by atoms with Gasteiger partial charge >= 0.3 is 0 Å². The molecule has 8 nitrogen and oxygen atoms in total. The Morgan fingerprint density at radius 1 is 1.38 bits per heavy atom. The Morgan fingerprint density at radius 3 is 2.92 bits per heavy atom. The van der Waals surface area contributed by atoms with Crippen molar-refractivity contribution in [3.8, 4) is 0 Å². The van der Waals surface area contributed by atoms with Crippen molar-refractivity contribution < 1.29 is 14.0 Å². The van der Waals surface area contributed by atoms with E-state index in [9.17, 15) is 9.59 Å². The summed E-state index contributed by atoms with van der Waals surface area (Å²) in [5.74, 6) is 0.231. The van der Waals surface area contributed by atoms with Gasteiger partial charge in [0.2, 0.25) is 5.91 Å². The fourth-order valence-corrected chi connectivity index (χ4v) is 3.45. The molecule has 1 aliphatic heterocycles. The zero-order chi connectivity index (χ0) is 18.4. The van der Waals surface area contributed by atoms with E-state index in [4.69, 9.17) is 4.42 Å². The number of aryl methyl sites for hydroxylation is 1. The lowest BCUT2D eigenvalue weighted by molar-refractivity contribution is -0.120. The van der Waals surface area contributed by atoms with E-state index in [1.807, 2.05) is 0 Å². The number of rotatable bonds is 7. The first-order chi connectivity index (χ1) is 12.6. The number of aromatic nitrogens is 1. The second kappa shape index (κ2) is 8.93. The zero-order valence-corrected chi connectivity index (χ0v) is 15.5. The summed E-state index contributed by atoms with van der Waals surface area (Å²) in [7, 11) is 0. The molecule has 0 bridgehead atoms. The molecule has 26 heavy (non-hydrogen) atoms. The molecule has 3 N–H and O–H groups in total. The first-order valence-electron chi connectivity index (χ1n) is 8.61. The third kappa shape index (κ3) is 5.13. The minimum atomic E-state index is -0.266. The second-order valence-electron chi connectivity index (χ2n) is 6.11. The Balaban J connectivity index is 1.42. The van der Waals surface area contributed by atoms with Gasteiger partial charge in [0, 0.05) is 44.6 Å². The quantitative estimate of drug-likeness (QED) is 0.662. The van der Waals surface area contributed by atoms with Gasteiger partial charge in [-0.25, -0.2) is 4.98 Å². The summed E-state index contributed by atoms with van der Waals surface area (Å²) in [6, 6.07) is 1.62. The molecule has 1 saturated heterocycles. The maximum absolute atomic E-state index is 12.1. The van der Waals surface area contributed by atoms with E-state index in [0.29, 0.717) is 28.7 Å². The van der Waals surface area contributed by atoms with E-state index in [1.54, 1.807) is 18.4 Å². The van der Waals surface area contributed by atoms with Gasteiger partial charge in [-0.15, -0.1) is 11.3 Å². The first kappa shape index (κ1) is 18.6. The number of nitrogens with zero attached hydrogens (tertiary/aromatic N) is 2. The smallest absolute Gasteiger partial charge is 0.260 e. The van der Waals surface area contributed by atoms with E-state index in [0.717, 1.165) is 32.7 Å². The lowest BCUT2D eigenvalue weighted by Crippen LogP contribution is -2.46. The van der Waals surface area contributed by atoms with Crippen LogP contribution in [0.5, 0.6) is 0 Å². The summed E-state index contributed by atoms with van der Waals surface area (Å²) in [6.07, 6.45) is 1.68. The third-order valence-electron chi connectivity index (χ3n) is 4.18. The summed E-state index contributed by atoms with van der Waals surface area (Å²) < 4.78 is 5.12. The number of amides is 2. The molecular weight excluding hydrogens is 354 g/mol. The molecule has 140 valence electrons. The summed E-state index contributed by atoms with van der Waals surface area (Å²) >= 11 is 1.30. The van der Waals surface area contributed by atoms with Gasteiger partial charge in [0.25, 0.3) is 5.91 Å². The van der Waals surface area contributed by atoms with E-state index in [1.165, 1.54) is 17.6 Å². The van der Waals surface area contributed by atoms with Gasteiger partial charge in [-0.2, -0.15) is 0 Å². The van der Waals surface area contributed by atoms with Crippen LogP contribution in [0.3, 0.4) is 0 Å². The number of nitrogens with one attached hydrogen (secondary N) is 3. The molecule has 0 spiro atoms. The highest BCUT2D eigenvalue weighted by Crippen LogP contribution is 2.18. The van der Waals surface area contributed by atoms with Gasteiger partial charge < -0.3 is 15.1 Å². The van der Waals surface area contributed by atoms with E-state index < -0.39 is 0 Å². The molecule has 0 aromatic carbocycles. The average molecular weight is 377 g/mol. The van der Waals surface area contributed by atoms with Crippen LogP contribution < -0.4 is 16.0 Å². The molecule has 0 unspecified atom stereocenters. The third-order valence-corrected chi connectivity index (χ3v) is 4.98. The van der Waals surface area contributed by atoms with Crippen LogP contribution in [0.1, 0.15) is 21.8 Å². The van der Waals surface area contributed by atoms with Gasteiger partial charge in [0.15, 0.2) is 5.13 Å². The van der Waals surface area contributed by atoms with Gasteiger partial charge in [-0.05, 0) is 13.0 Å². The number of anilines is 1.